The van der Waals surface area contributed by atoms with Gasteiger partial charge in [0.1, 0.15) is 11.5 Å². The van der Waals surface area contributed by atoms with Crippen LogP contribution in [-0.4, -0.2) is 14.2 Å². The summed E-state index contributed by atoms with van der Waals surface area (Å²) in [5, 5.41) is 0. The summed E-state index contributed by atoms with van der Waals surface area (Å²) < 4.78 is 16.3. The van der Waals surface area contributed by atoms with Gasteiger partial charge < -0.3 is 14.2 Å². The molecular weight excluding hydrogens is 228 g/mol. The first-order valence-electron chi connectivity index (χ1n) is 5.69. The molecule has 0 aliphatic heterocycles. The van der Waals surface area contributed by atoms with Gasteiger partial charge in [0.15, 0.2) is 11.5 Å². The van der Waals surface area contributed by atoms with Crippen LogP contribution in [0.1, 0.15) is 5.56 Å². The van der Waals surface area contributed by atoms with Crippen LogP contribution in [0.15, 0.2) is 42.5 Å². The Kier molecular flexibility index (Phi) is 3.72. The summed E-state index contributed by atoms with van der Waals surface area (Å²) in [5.74, 6) is 2.89. The number of rotatable bonds is 4. The lowest BCUT2D eigenvalue weighted by molar-refractivity contribution is 0.375. The van der Waals surface area contributed by atoms with Crippen molar-refractivity contribution in [2.75, 3.05) is 14.2 Å². The lowest BCUT2D eigenvalue weighted by Gasteiger charge is -2.11. The molecule has 0 spiro atoms. The van der Waals surface area contributed by atoms with E-state index < -0.39 is 0 Å². The van der Waals surface area contributed by atoms with Crippen molar-refractivity contribution in [3.05, 3.63) is 48.0 Å². The van der Waals surface area contributed by atoms with E-state index in [1.54, 1.807) is 14.2 Å². The molecule has 0 saturated heterocycles. The Bertz CT molecular complexity index is 535. The number of aryl methyl sites for hydroxylation is 1. The summed E-state index contributed by atoms with van der Waals surface area (Å²) in [6, 6.07) is 13.3. The van der Waals surface area contributed by atoms with Crippen molar-refractivity contribution in [1.29, 1.82) is 0 Å². The fourth-order valence-electron chi connectivity index (χ4n) is 1.66. The van der Waals surface area contributed by atoms with Gasteiger partial charge in [0.25, 0.3) is 0 Å². The third-order valence-corrected chi connectivity index (χ3v) is 2.59. The molecule has 2 aromatic carbocycles. The van der Waals surface area contributed by atoms with E-state index in [0.29, 0.717) is 11.5 Å². The molecule has 0 atom stereocenters. The molecular formula is C15H16O3. The molecule has 0 saturated carbocycles. The standard InChI is InChI=1S/C15H16O3/c1-11-7-8-14(17-3)15(9-11)18-13-6-4-5-12(10-13)16-2/h4-10H,1-3H3. The van der Waals surface area contributed by atoms with Gasteiger partial charge in [-0.3, -0.25) is 0 Å². The van der Waals surface area contributed by atoms with Gasteiger partial charge in [-0.25, -0.2) is 0 Å². The van der Waals surface area contributed by atoms with E-state index >= 15 is 0 Å². The molecule has 0 aromatic heterocycles. The van der Waals surface area contributed by atoms with Crippen LogP contribution in [0, 0.1) is 6.92 Å². The number of hydrogen-bond donors (Lipinski definition) is 0. The molecule has 2 aromatic rings. The summed E-state index contributed by atoms with van der Waals surface area (Å²) in [6.07, 6.45) is 0. The highest BCUT2D eigenvalue weighted by Crippen LogP contribution is 2.33. The normalized spacial score (nSPS) is 9.94. The molecule has 94 valence electrons. The van der Waals surface area contributed by atoms with Gasteiger partial charge in [0, 0.05) is 6.07 Å². The van der Waals surface area contributed by atoms with Crippen LogP contribution in [0.25, 0.3) is 0 Å². The molecule has 0 aliphatic carbocycles. The zero-order chi connectivity index (χ0) is 13.0. The van der Waals surface area contributed by atoms with Crippen molar-refractivity contribution in [2.45, 2.75) is 6.92 Å². The Balaban J connectivity index is 2.29. The maximum atomic E-state index is 5.82. The zero-order valence-electron chi connectivity index (χ0n) is 10.8. The largest absolute Gasteiger partial charge is 0.497 e. The van der Waals surface area contributed by atoms with Gasteiger partial charge in [-0.05, 0) is 36.8 Å². The molecule has 0 aliphatic rings. The second-order valence-electron chi connectivity index (χ2n) is 3.94. The smallest absolute Gasteiger partial charge is 0.169 e. The minimum atomic E-state index is 0.700. The predicted molar refractivity (Wildman–Crippen MR) is 70.8 cm³/mol. The van der Waals surface area contributed by atoms with E-state index in [4.69, 9.17) is 14.2 Å². The average molecular weight is 244 g/mol. The highest BCUT2D eigenvalue weighted by Gasteiger charge is 2.06. The van der Waals surface area contributed by atoms with Crippen molar-refractivity contribution in [3.63, 3.8) is 0 Å². The third kappa shape index (κ3) is 2.74. The highest BCUT2D eigenvalue weighted by atomic mass is 16.5. The van der Waals surface area contributed by atoms with E-state index in [2.05, 4.69) is 0 Å². The zero-order valence-corrected chi connectivity index (χ0v) is 10.8. The Hall–Kier alpha value is -2.16. The lowest BCUT2D eigenvalue weighted by Crippen LogP contribution is -1.91. The van der Waals surface area contributed by atoms with Gasteiger partial charge in [-0.1, -0.05) is 12.1 Å². The molecule has 3 nitrogen and oxygen atoms in total. The molecule has 0 fully saturated rings. The van der Waals surface area contributed by atoms with Crippen LogP contribution in [0.5, 0.6) is 23.0 Å². The van der Waals surface area contributed by atoms with Crippen molar-refractivity contribution >= 4 is 0 Å². The topological polar surface area (TPSA) is 27.7 Å². The van der Waals surface area contributed by atoms with Crippen LogP contribution in [0.4, 0.5) is 0 Å². The van der Waals surface area contributed by atoms with Crippen molar-refractivity contribution < 1.29 is 14.2 Å². The van der Waals surface area contributed by atoms with E-state index in [0.717, 1.165) is 17.1 Å². The fourth-order valence-corrected chi connectivity index (χ4v) is 1.66. The Morgan fingerprint density at radius 3 is 2.28 bits per heavy atom. The molecule has 0 unspecified atom stereocenters. The number of benzene rings is 2. The first-order valence-corrected chi connectivity index (χ1v) is 5.69. The first-order chi connectivity index (χ1) is 8.72. The van der Waals surface area contributed by atoms with Crippen molar-refractivity contribution in [3.8, 4) is 23.0 Å². The van der Waals surface area contributed by atoms with Crippen molar-refractivity contribution in [2.24, 2.45) is 0 Å². The summed E-state index contributed by atoms with van der Waals surface area (Å²) >= 11 is 0. The third-order valence-electron chi connectivity index (χ3n) is 2.59. The van der Waals surface area contributed by atoms with Crippen LogP contribution in [0.3, 0.4) is 0 Å². The lowest BCUT2D eigenvalue weighted by atomic mass is 10.2. The molecule has 2 rings (SSSR count). The molecule has 0 N–H and O–H groups in total. The van der Waals surface area contributed by atoms with Gasteiger partial charge in [0.2, 0.25) is 0 Å². The Morgan fingerprint density at radius 1 is 0.778 bits per heavy atom. The maximum Gasteiger partial charge on any atom is 0.169 e. The summed E-state index contributed by atoms with van der Waals surface area (Å²) in [5.41, 5.74) is 1.12. The van der Waals surface area contributed by atoms with Crippen LogP contribution in [0.2, 0.25) is 0 Å². The number of hydrogen-bond acceptors (Lipinski definition) is 3. The average Bonchev–Trinajstić information content (AvgIpc) is 2.39. The van der Waals surface area contributed by atoms with Crippen LogP contribution in [-0.2, 0) is 0 Å². The number of methoxy groups -OCH3 is 2. The van der Waals surface area contributed by atoms with E-state index in [9.17, 15) is 0 Å². The molecule has 0 heterocycles. The predicted octanol–water partition coefficient (Wildman–Crippen LogP) is 3.80. The molecule has 0 amide bonds. The van der Waals surface area contributed by atoms with E-state index in [1.165, 1.54) is 0 Å². The Morgan fingerprint density at radius 2 is 1.56 bits per heavy atom. The second-order valence-corrected chi connectivity index (χ2v) is 3.94. The van der Waals surface area contributed by atoms with Crippen LogP contribution >= 0.6 is 0 Å². The van der Waals surface area contributed by atoms with Gasteiger partial charge in [0.05, 0.1) is 14.2 Å². The summed E-state index contributed by atoms with van der Waals surface area (Å²) in [4.78, 5) is 0. The first kappa shape index (κ1) is 12.3. The monoisotopic (exact) mass is 244 g/mol. The minimum absolute atomic E-state index is 0.700. The fraction of sp³-hybridized carbons (Fsp3) is 0.200. The minimum Gasteiger partial charge on any atom is -0.497 e. The summed E-state index contributed by atoms with van der Waals surface area (Å²) in [6.45, 7) is 2.01. The molecule has 0 bridgehead atoms. The summed E-state index contributed by atoms with van der Waals surface area (Å²) in [7, 11) is 3.26. The molecule has 3 heteroatoms. The molecule has 18 heavy (non-hydrogen) atoms. The Labute approximate surface area is 107 Å². The maximum absolute atomic E-state index is 5.82. The van der Waals surface area contributed by atoms with Crippen LogP contribution < -0.4 is 14.2 Å². The van der Waals surface area contributed by atoms with E-state index in [-0.39, 0.29) is 0 Å². The second kappa shape index (κ2) is 5.45. The number of ether oxygens (including phenoxy) is 3. The van der Waals surface area contributed by atoms with Gasteiger partial charge >= 0.3 is 0 Å². The van der Waals surface area contributed by atoms with E-state index in [1.807, 2.05) is 49.4 Å². The van der Waals surface area contributed by atoms with Gasteiger partial charge in [-0.2, -0.15) is 0 Å². The quantitative estimate of drug-likeness (QED) is 0.818. The van der Waals surface area contributed by atoms with Gasteiger partial charge in [-0.15, -0.1) is 0 Å². The highest BCUT2D eigenvalue weighted by molar-refractivity contribution is 5.46. The SMILES string of the molecule is COc1cccc(Oc2cc(C)ccc2OC)c1. The van der Waals surface area contributed by atoms with Crippen molar-refractivity contribution in [1.82, 2.24) is 0 Å². The molecule has 0 radical (unpaired) electrons.